The Bertz CT molecular complexity index is 402. The van der Waals surface area contributed by atoms with Crippen LogP contribution in [-0.2, 0) is 16.1 Å². The van der Waals surface area contributed by atoms with E-state index in [0.717, 1.165) is 6.42 Å². The number of hydrogen-bond donors (Lipinski definition) is 0. The largest absolute Gasteiger partial charge is 0.465 e. The first kappa shape index (κ1) is 13.4. The van der Waals surface area contributed by atoms with Crippen LogP contribution < -0.4 is 0 Å². The molecule has 0 aliphatic rings. The molecule has 0 aliphatic heterocycles. The smallest absolute Gasteiger partial charge is 0.340 e. The molecule has 0 saturated heterocycles. The normalized spacial score (nSPS) is 10.0. The third kappa shape index (κ3) is 4.00. The topological polar surface area (TPSA) is 35.5 Å². The molecule has 0 fully saturated rings. The van der Waals surface area contributed by atoms with Crippen LogP contribution in [-0.4, -0.2) is 19.7 Å². The summed E-state index contributed by atoms with van der Waals surface area (Å²) in [5, 5.41) is 0. The predicted molar refractivity (Wildman–Crippen MR) is 62.2 cm³/mol. The number of carbonyl (C=O) groups excluding carboxylic acids is 1. The first-order chi connectivity index (χ1) is 8.19. The van der Waals surface area contributed by atoms with Crippen molar-refractivity contribution in [1.29, 1.82) is 0 Å². The molecule has 0 unspecified atom stereocenters. The fourth-order valence-corrected chi connectivity index (χ4v) is 1.28. The summed E-state index contributed by atoms with van der Waals surface area (Å²) in [4.78, 5) is 11.1. The van der Waals surface area contributed by atoms with Gasteiger partial charge in [-0.3, -0.25) is 0 Å². The molecule has 1 aromatic rings. The van der Waals surface area contributed by atoms with Gasteiger partial charge in [0, 0.05) is 0 Å². The van der Waals surface area contributed by atoms with Crippen molar-refractivity contribution in [1.82, 2.24) is 0 Å². The van der Waals surface area contributed by atoms with Crippen molar-refractivity contribution in [2.75, 3.05) is 13.7 Å². The molecule has 0 bridgehead atoms. The van der Waals surface area contributed by atoms with Gasteiger partial charge in [-0.1, -0.05) is 12.1 Å². The van der Waals surface area contributed by atoms with E-state index < -0.39 is 11.8 Å². The van der Waals surface area contributed by atoms with Crippen LogP contribution >= 0.6 is 0 Å². The number of hydrogen-bond acceptors (Lipinski definition) is 3. The molecule has 17 heavy (non-hydrogen) atoms. The molecule has 0 saturated carbocycles. The molecule has 0 N–H and O–H groups in total. The van der Waals surface area contributed by atoms with E-state index in [4.69, 9.17) is 4.74 Å². The van der Waals surface area contributed by atoms with Crippen molar-refractivity contribution < 1.29 is 18.7 Å². The monoisotopic (exact) mass is 238 g/mol. The van der Waals surface area contributed by atoms with Crippen molar-refractivity contribution in [2.24, 2.45) is 0 Å². The molecule has 0 amide bonds. The maximum atomic E-state index is 13.5. The molecule has 0 aliphatic carbocycles. The van der Waals surface area contributed by atoms with Crippen LogP contribution in [0.15, 0.2) is 30.9 Å². The van der Waals surface area contributed by atoms with E-state index in [9.17, 15) is 9.18 Å². The first-order valence-corrected chi connectivity index (χ1v) is 5.24. The SMILES string of the molecule is C=CCCOCc1ccc(C(=O)OC)c(F)c1. The highest BCUT2D eigenvalue weighted by Crippen LogP contribution is 2.12. The second-order valence-electron chi connectivity index (χ2n) is 3.44. The number of carbonyl (C=O) groups is 1. The third-order valence-corrected chi connectivity index (χ3v) is 2.17. The number of esters is 1. The Kier molecular flexibility index (Phi) is 5.36. The van der Waals surface area contributed by atoms with Crippen molar-refractivity contribution in [3.05, 3.63) is 47.8 Å². The van der Waals surface area contributed by atoms with E-state index >= 15 is 0 Å². The van der Waals surface area contributed by atoms with Gasteiger partial charge in [0.2, 0.25) is 0 Å². The zero-order valence-corrected chi connectivity index (χ0v) is 9.74. The molecule has 4 heteroatoms. The van der Waals surface area contributed by atoms with E-state index in [1.165, 1.54) is 19.2 Å². The van der Waals surface area contributed by atoms with E-state index in [1.807, 2.05) is 0 Å². The van der Waals surface area contributed by atoms with Gasteiger partial charge >= 0.3 is 5.97 Å². The molecule has 1 aromatic carbocycles. The summed E-state index contributed by atoms with van der Waals surface area (Å²) in [7, 11) is 1.22. The van der Waals surface area contributed by atoms with Gasteiger partial charge < -0.3 is 9.47 Å². The lowest BCUT2D eigenvalue weighted by molar-refractivity contribution is 0.0595. The van der Waals surface area contributed by atoms with Gasteiger partial charge in [0.1, 0.15) is 5.82 Å². The van der Waals surface area contributed by atoms with Gasteiger partial charge in [-0.2, -0.15) is 0 Å². The third-order valence-electron chi connectivity index (χ3n) is 2.17. The molecule has 0 aromatic heterocycles. The lowest BCUT2D eigenvalue weighted by atomic mass is 10.1. The van der Waals surface area contributed by atoms with Crippen LogP contribution in [0.4, 0.5) is 4.39 Å². The lowest BCUT2D eigenvalue weighted by Gasteiger charge is -2.05. The highest BCUT2D eigenvalue weighted by atomic mass is 19.1. The molecular weight excluding hydrogens is 223 g/mol. The summed E-state index contributed by atoms with van der Waals surface area (Å²) in [6, 6.07) is 4.32. The number of halogens is 1. The summed E-state index contributed by atoms with van der Waals surface area (Å²) in [6.07, 6.45) is 2.50. The van der Waals surface area contributed by atoms with Crippen LogP contribution in [0, 0.1) is 5.82 Å². The Morgan fingerprint density at radius 1 is 1.53 bits per heavy atom. The van der Waals surface area contributed by atoms with Crippen LogP contribution in [0.3, 0.4) is 0 Å². The Morgan fingerprint density at radius 3 is 2.88 bits per heavy atom. The summed E-state index contributed by atoms with van der Waals surface area (Å²) >= 11 is 0. The standard InChI is InChI=1S/C13H15FO3/c1-3-4-7-17-9-10-5-6-11(12(14)8-10)13(15)16-2/h3,5-6,8H,1,4,7,9H2,2H3. The quantitative estimate of drug-likeness (QED) is 0.434. The molecule has 0 atom stereocenters. The van der Waals surface area contributed by atoms with E-state index in [1.54, 1.807) is 12.1 Å². The average molecular weight is 238 g/mol. The van der Waals surface area contributed by atoms with E-state index in [-0.39, 0.29) is 5.56 Å². The zero-order chi connectivity index (χ0) is 12.7. The number of ether oxygens (including phenoxy) is 2. The highest BCUT2D eigenvalue weighted by molar-refractivity contribution is 5.89. The zero-order valence-electron chi connectivity index (χ0n) is 9.74. The fraction of sp³-hybridized carbons (Fsp3) is 0.308. The van der Waals surface area contributed by atoms with Crippen molar-refractivity contribution in [2.45, 2.75) is 13.0 Å². The number of methoxy groups -OCH3 is 1. The maximum Gasteiger partial charge on any atom is 0.340 e. The molecule has 0 radical (unpaired) electrons. The molecule has 1 rings (SSSR count). The van der Waals surface area contributed by atoms with Crippen LogP contribution in [0.25, 0.3) is 0 Å². The average Bonchev–Trinajstić information content (AvgIpc) is 2.34. The Balaban J connectivity index is 2.62. The molecule has 3 nitrogen and oxygen atoms in total. The summed E-state index contributed by atoms with van der Waals surface area (Å²) < 4.78 is 23.2. The predicted octanol–water partition coefficient (Wildman–Crippen LogP) is 2.71. The van der Waals surface area contributed by atoms with Crippen LogP contribution in [0.2, 0.25) is 0 Å². The summed E-state index contributed by atoms with van der Waals surface area (Å²) in [5.41, 5.74) is 0.613. The number of rotatable bonds is 6. The highest BCUT2D eigenvalue weighted by Gasteiger charge is 2.11. The fourth-order valence-electron chi connectivity index (χ4n) is 1.28. The first-order valence-electron chi connectivity index (χ1n) is 5.24. The van der Waals surface area contributed by atoms with Gasteiger partial charge in [0.15, 0.2) is 0 Å². The number of benzene rings is 1. The molecular formula is C13H15FO3. The van der Waals surface area contributed by atoms with Gasteiger partial charge in [-0.25, -0.2) is 9.18 Å². The van der Waals surface area contributed by atoms with Crippen molar-refractivity contribution in [3.8, 4) is 0 Å². The maximum absolute atomic E-state index is 13.5. The van der Waals surface area contributed by atoms with Crippen molar-refractivity contribution >= 4 is 5.97 Å². The van der Waals surface area contributed by atoms with E-state index in [2.05, 4.69) is 11.3 Å². The second kappa shape index (κ2) is 6.81. The van der Waals surface area contributed by atoms with Crippen molar-refractivity contribution in [3.63, 3.8) is 0 Å². The summed E-state index contributed by atoms with van der Waals surface area (Å²) in [5.74, 6) is -1.27. The Labute approximate surface area is 99.9 Å². The van der Waals surface area contributed by atoms with Gasteiger partial charge in [-0.15, -0.1) is 6.58 Å². The van der Waals surface area contributed by atoms with Crippen LogP contribution in [0.1, 0.15) is 22.3 Å². The summed E-state index contributed by atoms with van der Waals surface area (Å²) in [6.45, 7) is 4.43. The molecule has 92 valence electrons. The molecule has 0 spiro atoms. The minimum atomic E-state index is -0.679. The van der Waals surface area contributed by atoms with Gasteiger partial charge in [0.05, 0.1) is 25.9 Å². The second-order valence-corrected chi connectivity index (χ2v) is 3.44. The van der Waals surface area contributed by atoms with Crippen LogP contribution in [0.5, 0.6) is 0 Å². The van der Waals surface area contributed by atoms with E-state index in [0.29, 0.717) is 18.8 Å². The minimum absolute atomic E-state index is 0.0673. The van der Waals surface area contributed by atoms with Gasteiger partial charge in [-0.05, 0) is 24.1 Å². The minimum Gasteiger partial charge on any atom is -0.465 e. The Hall–Kier alpha value is -1.68. The molecule has 0 heterocycles. The Morgan fingerprint density at radius 2 is 2.29 bits per heavy atom. The lowest BCUT2D eigenvalue weighted by Crippen LogP contribution is -2.05. The van der Waals surface area contributed by atoms with Gasteiger partial charge in [0.25, 0.3) is 0 Å².